The predicted molar refractivity (Wildman–Crippen MR) is 113 cm³/mol. The molecule has 1 saturated heterocycles. The molecule has 0 aromatic heterocycles. The van der Waals surface area contributed by atoms with Crippen LogP contribution in [0.1, 0.15) is 17.0 Å². The van der Waals surface area contributed by atoms with E-state index >= 15 is 0 Å². The van der Waals surface area contributed by atoms with E-state index in [1.165, 1.54) is 5.69 Å². The summed E-state index contributed by atoms with van der Waals surface area (Å²) >= 11 is 0. The first-order valence-corrected chi connectivity index (χ1v) is 9.78. The Morgan fingerprint density at radius 3 is 1.97 bits per heavy atom. The Bertz CT molecular complexity index is 934. The van der Waals surface area contributed by atoms with Crippen LogP contribution in [-0.2, 0) is 9.53 Å². The first-order valence-electron chi connectivity index (χ1n) is 9.78. The van der Waals surface area contributed by atoms with Crippen LogP contribution in [0.5, 0.6) is 0 Å². The lowest BCUT2D eigenvalue weighted by Gasteiger charge is -2.28. The van der Waals surface area contributed by atoms with Crippen LogP contribution in [0.25, 0.3) is 11.1 Å². The SMILES string of the molecule is O=C(NO)C(c1ccccc1)c1ccc(-c2ccc(N3CCOCC3)cc2)cc1. The van der Waals surface area contributed by atoms with Crippen molar-refractivity contribution in [2.24, 2.45) is 0 Å². The van der Waals surface area contributed by atoms with Crippen molar-refractivity contribution >= 4 is 11.6 Å². The van der Waals surface area contributed by atoms with Crippen molar-refractivity contribution in [2.75, 3.05) is 31.2 Å². The standard InChI is InChI=1S/C24H24N2O3/c27-24(25-28)23(20-4-2-1-3-5-20)21-8-6-18(7-9-21)19-10-12-22(13-11-19)26-14-16-29-17-15-26/h1-13,23,28H,14-17H2,(H,25,27). The number of hydroxylamine groups is 1. The normalized spacial score (nSPS) is 15.0. The summed E-state index contributed by atoms with van der Waals surface area (Å²) in [5.41, 5.74) is 6.87. The van der Waals surface area contributed by atoms with Crippen molar-refractivity contribution in [2.45, 2.75) is 5.92 Å². The van der Waals surface area contributed by atoms with Crippen LogP contribution in [0, 0.1) is 0 Å². The number of ether oxygens (including phenoxy) is 1. The minimum atomic E-state index is -0.557. The third-order valence-electron chi connectivity index (χ3n) is 5.33. The molecular formula is C24H24N2O3. The lowest BCUT2D eigenvalue weighted by molar-refractivity contribution is -0.129. The Kier molecular flexibility index (Phi) is 5.89. The molecule has 1 aliphatic rings. The highest BCUT2D eigenvalue weighted by molar-refractivity contribution is 5.86. The van der Waals surface area contributed by atoms with Crippen molar-refractivity contribution in [1.82, 2.24) is 5.48 Å². The van der Waals surface area contributed by atoms with Gasteiger partial charge in [-0.1, -0.05) is 66.7 Å². The van der Waals surface area contributed by atoms with E-state index in [0.29, 0.717) is 0 Å². The molecule has 0 aliphatic carbocycles. The maximum atomic E-state index is 12.3. The molecule has 0 bridgehead atoms. The number of morpholine rings is 1. The third kappa shape index (κ3) is 4.31. The van der Waals surface area contributed by atoms with Gasteiger partial charge in [0.05, 0.1) is 19.1 Å². The van der Waals surface area contributed by atoms with Gasteiger partial charge in [-0.2, -0.15) is 0 Å². The number of nitrogens with zero attached hydrogens (tertiary/aromatic N) is 1. The van der Waals surface area contributed by atoms with Crippen LogP contribution in [-0.4, -0.2) is 37.4 Å². The van der Waals surface area contributed by atoms with Crippen LogP contribution in [0.15, 0.2) is 78.9 Å². The predicted octanol–water partition coefficient (Wildman–Crippen LogP) is 3.83. The second-order valence-corrected chi connectivity index (χ2v) is 7.09. The molecule has 148 valence electrons. The smallest absolute Gasteiger partial charge is 0.255 e. The number of carbonyl (C=O) groups excluding carboxylic acids is 1. The maximum absolute atomic E-state index is 12.3. The molecule has 0 spiro atoms. The highest BCUT2D eigenvalue weighted by Gasteiger charge is 2.22. The Labute approximate surface area is 170 Å². The Morgan fingerprint density at radius 1 is 0.828 bits per heavy atom. The minimum absolute atomic E-state index is 0.446. The van der Waals surface area contributed by atoms with Gasteiger partial charge in [0.15, 0.2) is 0 Å². The van der Waals surface area contributed by atoms with Gasteiger partial charge in [0, 0.05) is 18.8 Å². The molecule has 1 aliphatic heterocycles. The minimum Gasteiger partial charge on any atom is -0.378 e. The average molecular weight is 388 g/mol. The van der Waals surface area contributed by atoms with Crippen molar-refractivity contribution in [3.05, 3.63) is 90.0 Å². The quantitative estimate of drug-likeness (QED) is 0.515. The zero-order chi connectivity index (χ0) is 20.1. The van der Waals surface area contributed by atoms with Crippen LogP contribution < -0.4 is 10.4 Å². The highest BCUT2D eigenvalue weighted by Crippen LogP contribution is 2.29. The molecule has 0 radical (unpaired) electrons. The van der Waals surface area contributed by atoms with Gasteiger partial charge in [-0.25, -0.2) is 5.48 Å². The van der Waals surface area contributed by atoms with Crippen LogP contribution in [0.4, 0.5) is 5.69 Å². The van der Waals surface area contributed by atoms with Crippen LogP contribution in [0.2, 0.25) is 0 Å². The number of hydrogen-bond acceptors (Lipinski definition) is 4. The fourth-order valence-electron chi connectivity index (χ4n) is 3.76. The van der Waals surface area contributed by atoms with Crippen molar-refractivity contribution in [3.8, 4) is 11.1 Å². The van der Waals surface area contributed by atoms with Gasteiger partial charge in [0.25, 0.3) is 5.91 Å². The Balaban J connectivity index is 1.55. The largest absolute Gasteiger partial charge is 0.378 e. The molecule has 3 aromatic rings. The molecule has 3 aromatic carbocycles. The summed E-state index contributed by atoms with van der Waals surface area (Å²) in [6.45, 7) is 3.38. The van der Waals surface area contributed by atoms with Gasteiger partial charge in [0.2, 0.25) is 0 Å². The van der Waals surface area contributed by atoms with Crippen LogP contribution in [0.3, 0.4) is 0 Å². The maximum Gasteiger partial charge on any atom is 0.255 e. The van der Waals surface area contributed by atoms with Crippen molar-refractivity contribution < 1.29 is 14.7 Å². The van der Waals surface area contributed by atoms with E-state index in [4.69, 9.17) is 4.74 Å². The molecule has 1 fully saturated rings. The molecule has 1 amide bonds. The molecule has 5 heteroatoms. The first-order chi connectivity index (χ1) is 14.3. The number of rotatable bonds is 5. The number of anilines is 1. The summed E-state index contributed by atoms with van der Waals surface area (Å²) in [4.78, 5) is 14.6. The van der Waals surface area contributed by atoms with E-state index in [9.17, 15) is 10.0 Å². The lowest BCUT2D eigenvalue weighted by Crippen LogP contribution is -2.36. The summed E-state index contributed by atoms with van der Waals surface area (Å²) in [5.74, 6) is -1.00. The molecule has 29 heavy (non-hydrogen) atoms. The van der Waals surface area contributed by atoms with Gasteiger partial charge in [-0.15, -0.1) is 0 Å². The van der Waals surface area contributed by atoms with E-state index in [-0.39, 0.29) is 0 Å². The second kappa shape index (κ2) is 8.90. The van der Waals surface area contributed by atoms with E-state index in [0.717, 1.165) is 48.6 Å². The zero-order valence-electron chi connectivity index (χ0n) is 16.1. The fraction of sp³-hybridized carbons (Fsp3) is 0.208. The molecular weight excluding hydrogens is 364 g/mol. The zero-order valence-corrected chi connectivity index (χ0v) is 16.1. The lowest BCUT2D eigenvalue weighted by atomic mass is 9.89. The van der Waals surface area contributed by atoms with Crippen molar-refractivity contribution in [3.63, 3.8) is 0 Å². The van der Waals surface area contributed by atoms with Crippen LogP contribution >= 0.6 is 0 Å². The molecule has 1 unspecified atom stereocenters. The molecule has 1 heterocycles. The van der Waals surface area contributed by atoms with Gasteiger partial charge < -0.3 is 9.64 Å². The summed E-state index contributed by atoms with van der Waals surface area (Å²) in [5, 5.41) is 9.18. The van der Waals surface area contributed by atoms with E-state index in [1.807, 2.05) is 54.6 Å². The van der Waals surface area contributed by atoms with E-state index < -0.39 is 11.8 Å². The van der Waals surface area contributed by atoms with Gasteiger partial charge in [0.1, 0.15) is 0 Å². The van der Waals surface area contributed by atoms with Gasteiger partial charge >= 0.3 is 0 Å². The third-order valence-corrected chi connectivity index (χ3v) is 5.33. The monoisotopic (exact) mass is 388 g/mol. The summed E-state index contributed by atoms with van der Waals surface area (Å²) in [6.07, 6.45) is 0. The van der Waals surface area contributed by atoms with E-state index in [2.05, 4.69) is 29.2 Å². The number of carbonyl (C=O) groups is 1. The molecule has 2 N–H and O–H groups in total. The molecule has 0 saturated carbocycles. The second-order valence-electron chi connectivity index (χ2n) is 7.09. The molecule has 4 rings (SSSR count). The highest BCUT2D eigenvalue weighted by atomic mass is 16.5. The van der Waals surface area contributed by atoms with Gasteiger partial charge in [-0.05, 0) is 34.4 Å². The summed E-state index contributed by atoms with van der Waals surface area (Å²) in [6, 6.07) is 25.9. The van der Waals surface area contributed by atoms with Crippen molar-refractivity contribution in [1.29, 1.82) is 0 Å². The number of amides is 1. The Morgan fingerprint density at radius 2 is 1.38 bits per heavy atom. The number of nitrogens with one attached hydrogen (secondary N) is 1. The Hall–Kier alpha value is -3.15. The molecule has 5 nitrogen and oxygen atoms in total. The first kappa shape index (κ1) is 19.2. The number of hydrogen-bond donors (Lipinski definition) is 2. The summed E-state index contributed by atoms with van der Waals surface area (Å²) < 4.78 is 5.42. The van der Waals surface area contributed by atoms with Gasteiger partial charge in [-0.3, -0.25) is 10.0 Å². The fourth-order valence-corrected chi connectivity index (χ4v) is 3.76. The average Bonchev–Trinajstić information content (AvgIpc) is 2.81. The number of benzene rings is 3. The molecule has 1 atom stereocenters. The van der Waals surface area contributed by atoms with E-state index in [1.54, 1.807) is 5.48 Å². The summed E-state index contributed by atoms with van der Waals surface area (Å²) in [7, 11) is 0. The topological polar surface area (TPSA) is 61.8 Å².